The Kier molecular flexibility index (Phi) is 3.61. The Bertz CT molecular complexity index is 470. The van der Waals surface area contributed by atoms with Crippen molar-refractivity contribution in [1.82, 2.24) is 10.2 Å². The molecule has 21 heavy (non-hydrogen) atoms. The lowest BCUT2D eigenvalue weighted by atomic mass is 9.67. The van der Waals surface area contributed by atoms with Crippen LogP contribution in [-0.2, 0) is 19.1 Å². The van der Waals surface area contributed by atoms with Crippen molar-refractivity contribution < 1.29 is 24.2 Å². The molecule has 7 nitrogen and oxygen atoms in total. The number of hydrogen-bond donors (Lipinski definition) is 2. The van der Waals surface area contributed by atoms with Gasteiger partial charge in [0.25, 0.3) is 0 Å². The van der Waals surface area contributed by atoms with Gasteiger partial charge >= 0.3 is 5.97 Å². The molecule has 1 atom stereocenters. The summed E-state index contributed by atoms with van der Waals surface area (Å²) >= 11 is 0. The summed E-state index contributed by atoms with van der Waals surface area (Å²) in [5.74, 6) is -1.74. The minimum absolute atomic E-state index is 0.139. The van der Waals surface area contributed by atoms with Crippen molar-refractivity contribution in [3.8, 4) is 0 Å². The number of carboxylic acid groups (broad SMARTS) is 1. The van der Waals surface area contributed by atoms with Gasteiger partial charge in [-0.15, -0.1) is 0 Å². The molecule has 2 saturated carbocycles. The molecule has 116 valence electrons. The van der Waals surface area contributed by atoms with Crippen LogP contribution < -0.4 is 5.32 Å². The Labute approximate surface area is 122 Å². The van der Waals surface area contributed by atoms with E-state index < -0.39 is 23.3 Å². The van der Waals surface area contributed by atoms with E-state index in [1.165, 1.54) is 4.90 Å². The monoisotopic (exact) mass is 296 g/mol. The van der Waals surface area contributed by atoms with E-state index in [4.69, 9.17) is 4.74 Å². The third kappa shape index (κ3) is 2.50. The summed E-state index contributed by atoms with van der Waals surface area (Å²) in [6.45, 7) is 0.755. The molecule has 1 unspecified atom stereocenters. The molecule has 1 saturated heterocycles. The van der Waals surface area contributed by atoms with Gasteiger partial charge in [0, 0.05) is 12.6 Å². The number of morpholine rings is 1. The molecular weight excluding hydrogens is 276 g/mol. The third-order valence-corrected chi connectivity index (χ3v) is 4.64. The zero-order chi connectivity index (χ0) is 15.0. The fraction of sp³-hybridized carbons (Fsp3) is 0.786. The van der Waals surface area contributed by atoms with Gasteiger partial charge in [0.05, 0.1) is 13.2 Å². The lowest BCUT2D eigenvalue weighted by molar-refractivity contribution is -0.173. The van der Waals surface area contributed by atoms with Gasteiger partial charge in [-0.2, -0.15) is 0 Å². The fourth-order valence-corrected chi connectivity index (χ4v) is 2.91. The number of hydrogen-bond acceptors (Lipinski definition) is 4. The van der Waals surface area contributed by atoms with E-state index in [1.54, 1.807) is 0 Å². The second kappa shape index (κ2) is 5.29. The molecule has 7 heteroatoms. The zero-order valence-electron chi connectivity index (χ0n) is 11.8. The van der Waals surface area contributed by atoms with Crippen LogP contribution in [-0.4, -0.2) is 59.6 Å². The van der Waals surface area contributed by atoms with Crippen molar-refractivity contribution in [2.75, 3.05) is 19.8 Å². The van der Waals surface area contributed by atoms with E-state index in [0.717, 1.165) is 19.3 Å². The summed E-state index contributed by atoms with van der Waals surface area (Å²) in [7, 11) is 0. The number of ether oxygens (including phenoxy) is 1. The number of carbonyl (C=O) groups excluding carboxylic acids is 2. The van der Waals surface area contributed by atoms with Gasteiger partial charge in [0.1, 0.15) is 11.5 Å². The maximum Gasteiger partial charge on any atom is 0.319 e. The van der Waals surface area contributed by atoms with Crippen molar-refractivity contribution in [2.45, 2.75) is 44.2 Å². The van der Waals surface area contributed by atoms with Crippen LogP contribution in [0.25, 0.3) is 0 Å². The summed E-state index contributed by atoms with van der Waals surface area (Å²) in [5.41, 5.74) is -1.32. The van der Waals surface area contributed by atoms with Crippen LogP contribution >= 0.6 is 0 Å². The van der Waals surface area contributed by atoms with Crippen LogP contribution in [0.2, 0.25) is 0 Å². The smallest absolute Gasteiger partial charge is 0.319 e. The highest BCUT2D eigenvalue weighted by Crippen LogP contribution is 2.43. The first-order chi connectivity index (χ1) is 10.0. The van der Waals surface area contributed by atoms with Crippen molar-refractivity contribution in [2.24, 2.45) is 5.41 Å². The largest absolute Gasteiger partial charge is 0.480 e. The van der Waals surface area contributed by atoms with Gasteiger partial charge in [-0.3, -0.25) is 14.4 Å². The lowest BCUT2D eigenvalue weighted by Crippen LogP contribution is -2.62. The van der Waals surface area contributed by atoms with E-state index in [0.29, 0.717) is 19.4 Å². The minimum atomic E-state index is -1.32. The van der Waals surface area contributed by atoms with Crippen LogP contribution in [0.4, 0.5) is 0 Å². The number of amides is 2. The SMILES string of the molecule is O=C(NC1CC1)C1COCCN1C(=O)C1(C(=O)O)CCC1. The highest BCUT2D eigenvalue weighted by molar-refractivity contribution is 6.04. The van der Waals surface area contributed by atoms with Crippen molar-refractivity contribution in [1.29, 1.82) is 0 Å². The number of aliphatic carboxylic acids is 1. The molecule has 0 radical (unpaired) electrons. The number of nitrogens with zero attached hydrogens (tertiary/aromatic N) is 1. The van der Waals surface area contributed by atoms with Gasteiger partial charge in [-0.1, -0.05) is 6.42 Å². The molecule has 0 aromatic heterocycles. The quantitative estimate of drug-likeness (QED) is 0.697. The fourth-order valence-electron chi connectivity index (χ4n) is 2.91. The Morgan fingerprint density at radius 3 is 2.48 bits per heavy atom. The Morgan fingerprint density at radius 2 is 1.95 bits per heavy atom. The second-order valence-electron chi connectivity index (χ2n) is 6.11. The standard InChI is InChI=1S/C14H20N2O5/c17-11(15-9-2-3-9)10-8-21-7-6-16(10)12(18)14(13(19)20)4-1-5-14/h9-10H,1-8H2,(H,15,17)(H,19,20). The molecular formula is C14H20N2O5. The van der Waals surface area contributed by atoms with Crippen molar-refractivity contribution in [3.05, 3.63) is 0 Å². The van der Waals surface area contributed by atoms with E-state index in [1.807, 2.05) is 0 Å². The molecule has 1 heterocycles. The first-order valence-corrected chi connectivity index (χ1v) is 7.47. The van der Waals surface area contributed by atoms with Crippen LogP contribution in [0.5, 0.6) is 0 Å². The molecule has 0 aromatic rings. The molecule has 2 N–H and O–H groups in total. The summed E-state index contributed by atoms with van der Waals surface area (Å²) < 4.78 is 5.31. The molecule has 0 spiro atoms. The maximum atomic E-state index is 12.7. The van der Waals surface area contributed by atoms with Gasteiger partial charge in [-0.25, -0.2) is 0 Å². The number of carbonyl (C=O) groups is 3. The number of nitrogens with one attached hydrogen (secondary N) is 1. The van der Waals surface area contributed by atoms with Gasteiger partial charge in [0.2, 0.25) is 11.8 Å². The van der Waals surface area contributed by atoms with E-state index in [-0.39, 0.29) is 25.1 Å². The molecule has 2 amide bonds. The van der Waals surface area contributed by atoms with Crippen molar-refractivity contribution in [3.63, 3.8) is 0 Å². The Hall–Kier alpha value is -1.63. The van der Waals surface area contributed by atoms with Crippen molar-refractivity contribution >= 4 is 17.8 Å². The lowest BCUT2D eigenvalue weighted by Gasteiger charge is -2.43. The van der Waals surface area contributed by atoms with E-state index in [9.17, 15) is 19.5 Å². The Morgan fingerprint density at radius 1 is 1.24 bits per heavy atom. The van der Waals surface area contributed by atoms with Crippen LogP contribution in [0.1, 0.15) is 32.1 Å². The minimum Gasteiger partial charge on any atom is -0.480 e. The predicted molar refractivity (Wildman–Crippen MR) is 71.4 cm³/mol. The third-order valence-electron chi connectivity index (χ3n) is 4.64. The van der Waals surface area contributed by atoms with Crippen LogP contribution in [0.15, 0.2) is 0 Å². The zero-order valence-corrected chi connectivity index (χ0v) is 11.8. The summed E-state index contributed by atoms with van der Waals surface area (Å²) in [5, 5.41) is 12.3. The topological polar surface area (TPSA) is 95.9 Å². The molecule has 3 fully saturated rings. The summed E-state index contributed by atoms with van der Waals surface area (Å²) in [6.07, 6.45) is 3.38. The second-order valence-corrected chi connectivity index (χ2v) is 6.11. The van der Waals surface area contributed by atoms with Gasteiger partial charge < -0.3 is 20.1 Å². The first-order valence-electron chi connectivity index (χ1n) is 7.47. The molecule has 0 bridgehead atoms. The van der Waals surface area contributed by atoms with Gasteiger partial charge in [0.15, 0.2) is 0 Å². The highest BCUT2D eigenvalue weighted by atomic mass is 16.5. The van der Waals surface area contributed by atoms with E-state index >= 15 is 0 Å². The van der Waals surface area contributed by atoms with E-state index in [2.05, 4.69) is 5.32 Å². The summed E-state index contributed by atoms with van der Waals surface area (Å²) in [4.78, 5) is 37.8. The molecule has 3 aliphatic rings. The molecule has 2 aliphatic carbocycles. The molecule has 3 rings (SSSR count). The predicted octanol–water partition coefficient (Wildman–Crippen LogP) is -0.253. The maximum absolute atomic E-state index is 12.7. The Balaban J connectivity index is 1.75. The van der Waals surface area contributed by atoms with Crippen LogP contribution in [0.3, 0.4) is 0 Å². The molecule has 0 aromatic carbocycles. The van der Waals surface area contributed by atoms with Crippen LogP contribution in [0, 0.1) is 5.41 Å². The average Bonchev–Trinajstić information content (AvgIpc) is 3.20. The normalized spacial score (nSPS) is 27.6. The molecule has 1 aliphatic heterocycles. The number of rotatable bonds is 4. The average molecular weight is 296 g/mol. The first kappa shape index (κ1) is 14.3. The van der Waals surface area contributed by atoms with Gasteiger partial charge in [-0.05, 0) is 25.7 Å². The number of carboxylic acids is 1. The highest BCUT2D eigenvalue weighted by Gasteiger charge is 2.54. The summed E-state index contributed by atoms with van der Waals surface area (Å²) in [6, 6.07) is -0.503.